The third-order valence-corrected chi connectivity index (χ3v) is 2.50. The molecule has 0 spiro atoms. The maximum absolute atomic E-state index is 12.0. The normalized spacial score (nSPS) is 11.1. The Labute approximate surface area is 126 Å². The average molecular weight is 330 g/mol. The molecule has 23 heavy (non-hydrogen) atoms. The van der Waals surface area contributed by atoms with Crippen LogP contribution in [-0.4, -0.2) is 26.7 Å². The van der Waals surface area contributed by atoms with Gasteiger partial charge < -0.3 is 24.7 Å². The van der Waals surface area contributed by atoms with Crippen LogP contribution < -0.4 is 10.1 Å². The van der Waals surface area contributed by atoms with Gasteiger partial charge in [0.1, 0.15) is 18.5 Å². The van der Waals surface area contributed by atoms with E-state index in [0.29, 0.717) is 0 Å². The average Bonchev–Trinajstić information content (AvgIpc) is 2.88. The topological polar surface area (TPSA) is 99.3 Å². The number of imidazole rings is 1. The quantitative estimate of drug-likeness (QED) is 0.670. The predicted octanol–water partition coefficient (Wildman–Crippen LogP) is 2.33. The molecule has 0 aliphatic heterocycles. The van der Waals surface area contributed by atoms with E-state index >= 15 is 0 Å². The van der Waals surface area contributed by atoms with Gasteiger partial charge in [0.05, 0.1) is 0 Å². The fourth-order valence-corrected chi connectivity index (χ4v) is 1.64. The Balaban J connectivity index is 1.93. The highest BCUT2D eigenvalue weighted by molar-refractivity contribution is 5.90. The number of rotatable bonds is 5. The van der Waals surface area contributed by atoms with E-state index in [2.05, 4.69) is 15.0 Å². The monoisotopic (exact) mass is 330 g/mol. The fraction of sp³-hybridized carbons (Fsp3) is 0.167. The summed E-state index contributed by atoms with van der Waals surface area (Å²) < 4.78 is 40.9. The lowest BCUT2D eigenvalue weighted by Gasteiger charge is -2.10. The first kappa shape index (κ1) is 16.3. The third kappa shape index (κ3) is 4.98. The van der Waals surface area contributed by atoms with E-state index in [-0.39, 0.29) is 12.2 Å². The molecule has 0 aliphatic rings. The van der Waals surface area contributed by atoms with Crippen molar-refractivity contribution in [1.82, 2.24) is 9.55 Å². The number of nitro groups is 1. The fourth-order valence-electron chi connectivity index (χ4n) is 1.64. The summed E-state index contributed by atoms with van der Waals surface area (Å²) in [5.74, 6) is -1.34. The van der Waals surface area contributed by atoms with Gasteiger partial charge in [0.25, 0.3) is 0 Å². The maximum Gasteiger partial charge on any atom is 0.573 e. The summed E-state index contributed by atoms with van der Waals surface area (Å²) in [4.78, 5) is 25.0. The van der Waals surface area contributed by atoms with Crippen LogP contribution in [0.5, 0.6) is 5.75 Å². The van der Waals surface area contributed by atoms with Crippen molar-refractivity contribution in [3.05, 3.63) is 46.9 Å². The van der Waals surface area contributed by atoms with Crippen LogP contribution in [0.15, 0.2) is 36.8 Å². The van der Waals surface area contributed by atoms with Crippen molar-refractivity contribution in [2.45, 2.75) is 12.9 Å². The minimum atomic E-state index is -4.79. The van der Waals surface area contributed by atoms with Crippen molar-refractivity contribution in [3.63, 3.8) is 0 Å². The Hall–Kier alpha value is -3.11. The van der Waals surface area contributed by atoms with Gasteiger partial charge in [0.2, 0.25) is 12.2 Å². The van der Waals surface area contributed by atoms with Crippen LogP contribution in [0.4, 0.5) is 24.7 Å². The molecule has 0 saturated carbocycles. The molecule has 0 saturated heterocycles. The summed E-state index contributed by atoms with van der Waals surface area (Å²) in [6.07, 6.45) is -2.58. The second-order valence-electron chi connectivity index (χ2n) is 4.28. The zero-order chi connectivity index (χ0) is 17.0. The van der Waals surface area contributed by atoms with E-state index in [1.165, 1.54) is 16.7 Å². The van der Waals surface area contributed by atoms with Crippen LogP contribution in [0.2, 0.25) is 0 Å². The van der Waals surface area contributed by atoms with E-state index in [4.69, 9.17) is 0 Å². The van der Waals surface area contributed by atoms with Crippen LogP contribution in [0.1, 0.15) is 0 Å². The molecule has 1 amide bonds. The summed E-state index contributed by atoms with van der Waals surface area (Å²) in [6.45, 7) is -0.234. The number of ether oxygens (including phenoxy) is 1. The van der Waals surface area contributed by atoms with Crippen LogP contribution >= 0.6 is 0 Å². The van der Waals surface area contributed by atoms with Crippen molar-refractivity contribution in [1.29, 1.82) is 0 Å². The molecule has 0 fully saturated rings. The van der Waals surface area contributed by atoms with E-state index in [0.717, 1.165) is 24.7 Å². The number of aromatic nitrogens is 2. The number of alkyl halides is 3. The van der Waals surface area contributed by atoms with Gasteiger partial charge in [-0.1, -0.05) is 0 Å². The van der Waals surface area contributed by atoms with Gasteiger partial charge in [-0.05, 0) is 34.2 Å². The lowest BCUT2D eigenvalue weighted by atomic mass is 10.3. The number of carbonyl (C=O) groups excluding carboxylic acids is 1. The molecular weight excluding hydrogens is 321 g/mol. The number of nitrogens with zero attached hydrogens (tertiary/aromatic N) is 3. The van der Waals surface area contributed by atoms with E-state index in [1.54, 1.807) is 0 Å². The van der Waals surface area contributed by atoms with Gasteiger partial charge >= 0.3 is 12.2 Å². The third-order valence-electron chi connectivity index (χ3n) is 2.50. The van der Waals surface area contributed by atoms with Crippen LogP contribution in [-0.2, 0) is 11.3 Å². The maximum atomic E-state index is 12.0. The van der Waals surface area contributed by atoms with Gasteiger partial charge in [0.15, 0.2) is 0 Å². The van der Waals surface area contributed by atoms with E-state index < -0.39 is 28.8 Å². The molecule has 0 atom stereocenters. The Morgan fingerprint density at radius 1 is 1.35 bits per heavy atom. The first-order chi connectivity index (χ1) is 10.7. The Bertz CT molecular complexity index is 712. The number of halogens is 3. The summed E-state index contributed by atoms with van der Waals surface area (Å²) in [5, 5.41) is 12.9. The summed E-state index contributed by atoms with van der Waals surface area (Å²) in [5.41, 5.74) is 0.249. The summed E-state index contributed by atoms with van der Waals surface area (Å²) in [6, 6.07) is 4.56. The first-order valence-electron chi connectivity index (χ1n) is 6.05. The molecule has 1 aromatic heterocycles. The SMILES string of the molecule is O=C(Cn1cnc([N+](=O)[O-])c1)Nc1ccc(OC(F)(F)F)cc1. The second kappa shape index (κ2) is 6.34. The smallest absolute Gasteiger partial charge is 0.406 e. The van der Waals surface area contributed by atoms with Gasteiger partial charge in [-0.3, -0.25) is 4.79 Å². The Morgan fingerprint density at radius 3 is 2.52 bits per heavy atom. The van der Waals surface area contributed by atoms with Crippen LogP contribution in [0.3, 0.4) is 0 Å². The number of nitrogens with one attached hydrogen (secondary N) is 1. The zero-order valence-corrected chi connectivity index (χ0v) is 11.3. The van der Waals surface area contributed by atoms with Crippen molar-refractivity contribution in [3.8, 4) is 5.75 Å². The largest absolute Gasteiger partial charge is 0.573 e. The molecule has 0 aliphatic carbocycles. The highest BCUT2D eigenvalue weighted by Gasteiger charge is 2.30. The van der Waals surface area contributed by atoms with Gasteiger partial charge in [0, 0.05) is 5.69 Å². The molecule has 8 nitrogen and oxygen atoms in total. The summed E-state index contributed by atoms with van der Waals surface area (Å²) >= 11 is 0. The van der Waals surface area contributed by atoms with E-state index in [9.17, 15) is 28.1 Å². The number of hydrogen-bond acceptors (Lipinski definition) is 5. The number of benzene rings is 1. The van der Waals surface area contributed by atoms with Crippen molar-refractivity contribution < 1.29 is 27.6 Å². The second-order valence-corrected chi connectivity index (χ2v) is 4.28. The first-order valence-corrected chi connectivity index (χ1v) is 6.05. The molecule has 0 unspecified atom stereocenters. The Kier molecular flexibility index (Phi) is 4.48. The molecule has 1 aromatic carbocycles. The number of hydrogen-bond donors (Lipinski definition) is 1. The minimum absolute atomic E-state index is 0.234. The molecular formula is C12H9F3N4O4. The molecule has 2 aromatic rings. The van der Waals surface area contributed by atoms with E-state index in [1.807, 2.05) is 0 Å². The standard InChI is InChI=1S/C12H9F3N4O4/c13-12(14,15)23-9-3-1-8(2-4-9)17-11(20)6-18-5-10(16-7-18)19(21)22/h1-5,7H,6H2,(H,17,20). The predicted molar refractivity (Wildman–Crippen MR) is 70.6 cm³/mol. The lowest BCUT2D eigenvalue weighted by Crippen LogP contribution is -2.18. The lowest BCUT2D eigenvalue weighted by molar-refractivity contribution is -0.389. The Morgan fingerprint density at radius 2 is 2.00 bits per heavy atom. The molecule has 122 valence electrons. The molecule has 2 rings (SSSR count). The van der Waals surface area contributed by atoms with Gasteiger partial charge in [-0.2, -0.15) is 0 Å². The molecule has 0 radical (unpaired) electrons. The highest BCUT2D eigenvalue weighted by atomic mass is 19.4. The van der Waals surface area contributed by atoms with Gasteiger partial charge in [-0.15, -0.1) is 13.2 Å². The molecule has 11 heteroatoms. The number of carbonyl (C=O) groups is 1. The highest BCUT2D eigenvalue weighted by Crippen LogP contribution is 2.23. The van der Waals surface area contributed by atoms with Crippen LogP contribution in [0, 0.1) is 10.1 Å². The molecule has 1 N–H and O–H groups in total. The van der Waals surface area contributed by atoms with Crippen LogP contribution in [0.25, 0.3) is 0 Å². The van der Waals surface area contributed by atoms with Crippen molar-refractivity contribution in [2.24, 2.45) is 0 Å². The van der Waals surface area contributed by atoms with Crippen molar-refractivity contribution >= 4 is 17.4 Å². The molecule has 0 bridgehead atoms. The zero-order valence-electron chi connectivity index (χ0n) is 11.3. The minimum Gasteiger partial charge on any atom is -0.406 e. The number of amides is 1. The van der Waals surface area contributed by atoms with Crippen molar-refractivity contribution in [2.75, 3.05) is 5.32 Å². The summed E-state index contributed by atoms with van der Waals surface area (Å²) in [7, 11) is 0. The number of anilines is 1. The van der Waals surface area contributed by atoms with Gasteiger partial charge in [-0.25, -0.2) is 0 Å². The molecule has 1 heterocycles.